The Balaban J connectivity index is 1.71. The molecule has 4 rings (SSSR count). The second-order valence-corrected chi connectivity index (χ2v) is 9.90. The average Bonchev–Trinajstić information content (AvgIpc) is 2.82. The highest BCUT2D eigenvalue weighted by Crippen LogP contribution is 2.22. The minimum Gasteiger partial charge on any atom is -0.497 e. The maximum Gasteiger partial charge on any atom is 0.252 e. The van der Waals surface area contributed by atoms with Crippen LogP contribution in [0.5, 0.6) is 5.75 Å². The van der Waals surface area contributed by atoms with E-state index in [0.717, 1.165) is 22.0 Å². The Labute approximate surface area is 193 Å². The molecule has 0 aliphatic rings. The summed E-state index contributed by atoms with van der Waals surface area (Å²) in [5.41, 5.74) is 2.92. The third-order valence-electron chi connectivity index (χ3n) is 5.61. The Kier molecular flexibility index (Phi) is 6.62. The number of hydrogen-bond acceptors (Lipinski definition) is 4. The number of rotatable bonds is 8. The van der Waals surface area contributed by atoms with Gasteiger partial charge in [0.25, 0.3) is 5.56 Å². The Morgan fingerprint density at radius 2 is 1.67 bits per heavy atom. The van der Waals surface area contributed by atoms with Crippen LogP contribution in [0.15, 0.2) is 88.6 Å². The van der Waals surface area contributed by atoms with E-state index in [9.17, 15) is 13.2 Å². The topological polar surface area (TPSA) is 79.5 Å². The molecule has 33 heavy (non-hydrogen) atoms. The monoisotopic (exact) mass is 462 g/mol. The highest BCUT2D eigenvalue weighted by atomic mass is 32.2. The van der Waals surface area contributed by atoms with Gasteiger partial charge in [-0.2, -0.15) is 4.31 Å². The van der Waals surface area contributed by atoms with Gasteiger partial charge in [-0.1, -0.05) is 42.0 Å². The van der Waals surface area contributed by atoms with E-state index in [2.05, 4.69) is 4.98 Å². The zero-order valence-electron chi connectivity index (χ0n) is 18.6. The van der Waals surface area contributed by atoms with Crippen LogP contribution < -0.4 is 10.3 Å². The first-order valence-electron chi connectivity index (χ1n) is 10.7. The maximum absolute atomic E-state index is 13.6. The van der Waals surface area contributed by atoms with Gasteiger partial charge in [-0.05, 0) is 66.8 Å². The molecule has 0 spiro atoms. The van der Waals surface area contributed by atoms with E-state index in [4.69, 9.17) is 4.74 Å². The summed E-state index contributed by atoms with van der Waals surface area (Å²) >= 11 is 0. The van der Waals surface area contributed by atoms with Crippen LogP contribution in [0.25, 0.3) is 10.9 Å². The molecule has 0 unspecified atom stereocenters. The van der Waals surface area contributed by atoms with Crippen molar-refractivity contribution in [1.82, 2.24) is 9.29 Å². The Hall–Kier alpha value is -3.42. The van der Waals surface area contributed by atoms with E-state index in [-0.39, 0.29) is 23.5 Å². The molecule has 170 valence electrons. The summed E-state index contributed by atoms with van der Waals surface area (Å²) in [5.74, 6) is 0.575. The number of aryl methyl sites for hydroxylation is 1. The lowest BCUT2D eigenvalue weighted by molar-refractivity contribution is 0.406. The molecule has 0 aliphatic heterocycles. The second-order valence-electron chi connectivity index (χ2n) is 7.96. The van der Waals surface area contributed by atoms with E-state index in [1.54, 1.807) is 18.2 Å². The first-order chi connectivity index (χ1) is 15.9. The summed E-state index contributed by atoms with van der Waals surface area (Å²) in [7, 11) is -2.32. The van der Waals surface area contributed by atoms with Gasteiger partial charge in [-0.15, -0.1) is 0 Å². The lowest BCUT2D eigenvalue weighted by Gasteiger charge is -2.22. The number of ether oxygens (including phenoxy) is 1. The standard InChI is InChI=1S/C26H26N2O4S/c1-19-8-13-25-21(16-19)17-22(26(29)27-25)18-28(15-14-20-6-4-3-5-7-20)33(30,31)24-11-9-23(32-2)10-12-24/h3-13,16-17H,14-15,18H2,1-2H3,(H,27,29). The number of pyridine rings is 1. The van der Waals surface area contributed by atoms with Gasteiger partial charge in [0.05, 0.1) is 12.0 Å². The minimum absolute atomic E-state index is 0.0274. The smallest absolute Gasteiger partial charge is 0.252 e. The molecule has 6 nitrogen and oxygen atoms in total. The lowest BCUT2D eigenvalue weighted by Crippen LogP contribution is -2.34. The largest absolute Gasteiger partial charge is 0.497 e. The molecule has 1 N–H and O–H groups in total. The van der Waals surface area contributed by atoms with Crippen molar-refractivity contribution in [2.75, 3.05) is 13.7 Å². The number of methoxy groups -OCH3 is 1. The summed E-state index contributed by atoms with van der Waals surface area (Å²) in [6.45, 7) is 2.19. The molecule has 3 aromatic carbocycles. The van der Waals surface area contributed by atoms with Crippen molar-refractivity contribution >= 4 is 20.9 Å². The van der Waals surface area contributed by atoms with E-state index in [1.807, 2.05) is 55.5 Å². The predicted molar refractivity (Wildman–Crippen MR) is 130 cm³/mol. The molecule has 0 saturated carbocycles. The summed E-state index contributed by atoms with van der Waals surface area (Å²) in [4.78, 5) is 15.8. The number of fused-ring (bicyclic) bond motifs is 1. The van der Waals surface area contributed by atoms with E-state index in [1.165, 1.54) is 23.5 Å². The number of aromatic nitrogens is 1. The van der Waals surface area contributed by atoms with Crippen molar-refractivity contribution in [2.24, 2.45) is 0 Å². The van der Waals surface area contributed by atoms with Crippen LogP contribution in [0.3, 0.4) is 0 Å². The average molecular weight is 463 g/mol. The molecule has 0 atom stereocenters. The minimum atomic E-state index is -3.85. The molecule has 0 fully saturated rings. The second kappa shape index (κ2) is 9.60. The maximum atomic E-state index is 13.6. The fraction of sp³-hybridized carbons (Fsp3) is 0.192. The van der Waals surface area contributed by atoms with Crippen molar-refractivity contribution in [3.8, 4) is 5.75 Å². The van der Waals surface area contributed by atoms with Gasteiger partial charge < -0.3 is 9.72 Å². The number of aromatic amines is 1. The Morgan fingerprint density at radius 3 is 2.36 bits per heavy atom. The molecular weight excluding hydrogens is 436 g/mol. The van der Waals surface area contributed by atoms with Gasteiger partial charge in [0.2, 0.25) is 10.0 Å². The van der Waals surface area contributed by atoms with Crippen LogP contribution in [0.1, 0.15) is 16.7 Å². The van der Waals surface area contributed by atoms with Gasteiger partial charge in [0.1, 0.15) is 5.75 Å². The van der Waals surface area contributed by atoms with Crippen LogP contribution >= 0.6 is 0 Å². The number of hydrogen-bond donors (Lipinski definition) is 1. The molecule has 1 heterocycles. The highest BCUT2D eigenvalue weighted by Gasteiger charge is 2.25. The van der Waals surface area contributed by atoms with Crippen molar-refractivity contribution in [3.63, 3.8) is 0 Å². The zero-order valence-corrected chi connectivity index (χ0v) is 19.4. The summed E-state index contributed by atoms with van der Waals surface area (Å²) in [6.07, 6.45) is 0.529. The van der Waals surface area contributed by atoms with Gasteiger partial charge in [0, 0.05) is 24.2 Å². The van der Waals surface area contributed by atoms with Crippen molar-refractivity contribution in [1.29, 1.82) is 0 Å². The van der Waals surface area contributed by atoms with Crippen LogP contribution in [0.4, 0.5) is 0 Å². The molecule has 7 heteroatoms. The predicted octanol–water partition coefficient (Wildman–Crippen LogP) is 4.28. The fourth-order valence-corrected chi connectivity index (χ4v) is 5.18. The zero-order chi connectivity index (χ0) is 23.4. The fourth-order valence-electron chi connectivity index (χ4n) is 3.76. The summed E-state index contributed by atoms with van der Waals surface area (Å²) in [5, 5.41) is 0.870. The normalized spacial score (nSPS) is 11.7. The molecule has 1 aromatic heterocycles. The molecule has 0 saturated heterocycles. The van der Waals surface area contributed by atoms with Crippen LogP contribution in [-0.2, 0) is 23.0 Å². The van der Waals surface area contributed by atoms with Gasteiger partial charge in [0.15, 0.2) is 0 Å². The van der Waals surface area contributed by atoms with Crippen molar-refractivity contribution in [3.05, 3.63) is 106 Å². The quantitative estimate of drug-likeness (QED) is 0.424. The van der Waals surface area contributed by atoms with Crippen LogP contribution in [0, 0.1) is 6.92 Å². The van der Waals surface area contributed by atoms with Gasteiger partial charge >= 0.3 is 0 Å². The summed E-state index contributed by atoms with van der Waals surface area (Å²) in [6, 6.07) is 23.5. The number of sulfonamides is 1. The van der Waals surface area contributed by atoms with Gasteiger partial charge in [-0.25, -0.2) is 8.42 Å². The third-order valence-corrected chi connectivity index (χ3v) is 7.47. The molecule has 0 bridgehead atoms. The molecule has 0 radical (unpaired) electrons. The van der Waals surface area contributed by atoms with Crippen molar-refractivity contribution in [2.45, 2.75) is 24.8 Å². The lowest BCUT2D eigenvalue weighted by atomic mass is 10.1. The molecule has 0 aliphatic carbocycles. The third kappa shape index (κ3) is 5.16. The molecular formula is C26H26N2O4S. The molecule has 4 aromatic rings. The van der Waals surface area contributed by atoms with Crippen LogP contribution in [0.2, 0.25) is 0 Å². The highest BCUT2D eigenvalue weighted by molar-refractivity contribution is 7.89. The number of H-pyrrole nitrogens is 1. The van der Waals surface area contributed by atoms with E-state index >= 15 is 0 Å². The molecule has 0 amide bonds. The van der Waals surface area contributed by atoms with E-state index in [0.29, 0.717) is 17.7 Å². The Morgan fingerprint density at radius 1 is 0.939 bits per heavy atom. The number of benzene rings is 3. The van der Waals surface area contributed by atoms with Crippen molar-refractivity contribution < 1.29 is 13.2 Å². The number of nitrogens with zero attached hydrogens (tertiary/aromatic N) is 1. The first-order valence-corrected chi connectivity index (χ1v) is 12.1. The SMILES string of the molecule is COc1ccc(S(=O)(=O)N(CCc2ccccc2)Cc2cc3cc(C)ccc3[nH]c2=O)cc1. The Bertz CT molecular complexity index is 1410. The van der Waals surface area contributed by atoms with Gasteiger partial charge in [-0.3, -0.25) is 4.79 Å². The van der Waals surface area contributed by atoms with E-state index < -0.39 is 10.0 Å². The van der Waals surface area contributed by atoms with Crippen LogP contribution in [-0.4, -0.2) is 31.4 Å². The summed E-state index contributed by atoms with van der Waals surface area (Å²) < 4.78 is 33.6. The number of nitrogens with one attached hydrogen (secondary N) is 1. The first kappa shape index (κ1) is 22.8.